The largest absolute Gasteiger partial charge is 0.479 e. The van der Waals surface area contributed by atoms with Crippen molar-refractivity contribution in [3.05, 3.63) is 0 Å². The second-order valence-corrected chi connectivity index (χ2v) is 8.09. The van der Waals surface area contributed by atoms with Crippen molar-refractivity contribution in [2.45, 2.75) is 45.3 Å². The van der Waals surface area contributed by atoms with Gasteiger partial charge < -0.3 is 9.84 Å². The molecule has 7 nitrogen and oxygen atoms in total. The highest BCUT2D eigenvalue weighted by molar-refractivity contribution is 7.91. The Morgan fingerprint density at radius 2 is 1.90 bits per heavy atom. The lowest BCUT2D eigenvalue weighted by atomic mass is 9.97. The molecule has 1 atom stereocenters. The van der Waals surface area contributed by atoms with Gasteiger partial charge in [0.25, 0.3) is 0 Å². The Kier molecular flexibility index (Phi) is 4.38. The fourth-order valence-electron chi connectivity index (χ4n) is 2.25. The Labute approximate surface area is 118 Å². The van der Waals surface area contributed by atoms with Crippen LogP contribution in [0.1, 0.15) is 34.1 Å². The molecule has 0 radical (unpaired) electrons. The van der Waals surface area contributed by atoms with Gasteiger partial charge in [0.1, 0.15) is 5.60 Å². The molecule has 0 aromatic heterocycles. The maximum Gasteiger partial charge on any atom is 0.411 e. The summed E-state index contributed by atoms with van der Waals surface area (Å²) in [6, 6.07) is 0. The zero-order valence-electron chi connectivity index (χ0n) is 12.2. The second-order valence-electron chi connectivity index (χ2n) is 5.90. The number of ether oxygens (including phenoxy) is 1. The molecule has 1 aliphatic heterocycles. The van der Waals surface area contributed by atoms with Gasteiger partial charge in [-0.25, -0.2) is 18.0 Å². The van der Waals surface area contributed by atoms with Crippen LogP contribution in [-0.4, -0.2) is 59.7 Å². The maximum atomic E-state index is 12.1. The van der Waals surface area contributed by atoms with E-state index in [4.69, 9.17) is 4.74 Å². The fraction of sp³-hybridized carbons (Fsp3) is 0.833. The first-order valence-electron chi connectivity index (χ1n) is 6.38. The number of carbonyl (C=O) groups excluding carboxylic acids is 1. The van der Waals surface area contributed by atoms with Gasteiger partial charge in [0.2, 0.25) is 0 Å². The molecule has 1 amide bonds. The molecule has 0 saturated carbocycles. The Bertz CT molecular complexity index is 507. The third-order valence-corrected chi connectivity index (χ3v) is 4.87. The highest BCUT2D eigenvalue weighted by Crippen LogP contribution is 2.31. The van der Waals surface area contributed by atoms with Gasteiger partial charge >= 0.3 is 12.1 Å². The van der Waals surface area contributed by atoms with Crippen LogP contribution in [0.3, 0.4) is 0 Å². The molecule has 20 heavy (non-hydrogen) atoms. The lowest BCUT2D eigenvalue weighted by Crippen LogP contribution is -2.58. The molecule has 116 valence electrons. The number of likely N-dealkylation sites (N-methyl/N-ethyl adjacent to an activating group) is 1. The lowest BCUT2D eigenvalue weighted by Gasteiger charge is -2.37. The summed E-state index contributed by atoms with van der Waals surface area (Å²) in [5.41, 5.74) is -2.50. The number of hydrogen-bond donors (Lipinski definition) is 1. The normalized spacial score (nSPS) is 25.2. The van der Waals surface area contributed by atoms with Gasteiger partial charge in [-0.1, -0.05) is 0 Å². The summed E-state index contributed by atoms with van der Waals surface area (Å²) in [6.45, 7) is 6.66. The minimum Gasteiger partial charge on any atom is -0.479 e. The molecule has 0 aliphatic carbocycles. The number of sulfone groups is 1. The van der Waals surface area contributed by atoms with Crippen LogP contribution in [0.4, 0.5) is 4.79 Å². The van der Waals surface area contributed by atoms with Crippen molar-refractivity contribution in [1.29, 1.82) is 0 Å². The first-order valence-corrected chi connectivity index (χ1v) is 8.20. The minimum absolute atomic E-state index is 0.0662. The molecule has 0 spiro atoms. The monoisotopic (exact) mass is 307 g/mol. The smallest absolute Gasteiger partial charge is 0.411 e. The number of aliphatic carboxylic acids is 1. The number of carbonyl (C=O) groups is 2. The van der Waals surface area contributed by atoms with Crippen molar-refractivity contribution < 1.29 is 27.9 Å². The number of hydrogen-bond acceptors (Lipinski definition) is 5. The van der Waals surface area contributed by atoms with Crippen LogP contribution >= 0.6 is 0 Å². The van der Waals surface area contributed by atoms with E-state index in [9.17, 15) is 23.1 Å². The van der Waals surface area contributed by atoms with Crippen molar-refractivity contribution in [3.63, 3.8) is 0 Å². The van der Waals surface area contributed by atoms with Gasteiger partial charge in [0.15, 0.2) is 15.4 Å². The Morgan fingerprint density at radius 1 is 1.35 bits per heavy atom. The van der Waals surface area contributed by atoms with E-state index in [1.807, 2.05) is 0 Å². The van der Waals surface area contributed by atoms with Crippen LogP contribution in [0.5, 0.6) is 0 Å². The van der Waals surface area contributed by atoms with Crippen LogP contribution in [0.25, 0.3) is 0 Å². The summed E-state index contributed by atoms with van der Waals surface area (Å²) < 4.78 is 28.4. The highest BCUT2D eigenvalue weighted by Gasteiger charge is 2.54. The zero-order valence-corrected chi connectivity index (χ0v) is 13.0. The summed E-state index contributed by atoms with van der Waals surface area (Å²) in [5, 5.41) is 9.43. The zero-order chi connectivity index (χ0) is 15.8. The summed E-state index contributed by atoms with van der Waals surface area (Å²) in [6.07, 6.45) is -0.919. The Hall–Kier alpha value is -1.31. The summed E-state index contributed by atoms with van der Waals surface area (Å²) in [5.74, 6) is -2.12. The van der Waals surface area contributed by atoms with E-state index in [1.165, 1.54) is 0 Å². The van der Waals surface area contributed by atoms with Crippen molar-refractivity contribution in [1.82, 2.24) is 4.90 Å². The minimum atomic E-state index is -3.46. The van der Waals surface area contributed by atoms with Crippen LogP contribution in [-0.2, 0) is 19.4 Å². The third kappa shape index (κ3) is 3.41. The van der Waals surface area contributed by atoms with Gasteiger partial charge in [-0.3, -0.25) is 4.90 Å². The van der Waals surface area contributed by atoms with Gasteiger partial charge in [0, 0.05) is 6.54 Å². The Balaban J connectivity index is 3.13. The number of amides is 1. The number of carboxylic acid groups (broad SMARTS) is 1. The average Bonchev–Trinajstić information content (AvgIpc) is 2.54. The summed E-state index contributed by atoms with van der Waals surface area (Å²) >= 11 is 0. The first kappa shape index (κ1) is 16.7. The van der Waals surface area contributed by atoms with Crippen molar-refractivity contribution >= 4 is 21.9 Å². The molecule has 1 fully saturated rings. The van der Waals surface area contributed by atoms with Crippen molar-refractivity contribution in [3.8, 4) is 0 Å². The molecule has 1 unspecified atom stereocenters. The third-order valence-electron chi connectivity index (χ3n) is 3.13. The average molecular weight is 307 g/mol. The molecule has 8 heteroatoms. The van der Waals surface area contributed by atoms with Gasteiger partial charge in [0.05, 0.1) is 11.5 Å². The molecule has 1 saturated heterocycles. The summed E-state index contributed by atoms with van der Waals surface area (Å²) in [4.78, 5) is 24.7. The van der Waals surface area contributed by atoms with Crippen LogP contribution in [0.15, 0.2) is 0 Å². The van der Waals surface area contributed by atoms with E-state index in [0.29, 0.717) is 0 Å². The van der Waals surface area contributed by atoms with E-state index >= 15 is 0 Å². The Morgan fingerprint density at radius 3 is 2.20 bits per heavy atom. The van der Waals surface area contributed by atoms with Crippen LogP contribution in [0, 0.1) is 0 Å². The molecule has 1 aliphatic rings. The first-order chi connectivity index (χ1) is 8.93. The standard InChI is InChI=1S/C12H21NO6S/c1-5-13(10(16)19-11(2,3)4)12(9(14)15)6-7-20(17,18)8-12/h5-8H2,1-4H3,(H,14,15). The predicted octanol–water partition coefficient (Wildman–Crippen LogP) is 0.885. The fourth-order valence-corrected chi connectivity index (χ4v) is 4.20. The van der Waals surface area contributed by atoms with Crippen molar-refractivity contribution in [2.24, 2.45) is 0 Å². The highest BCUT2D eigenvalue weighted by atomic mass is 32.2. The molecular weight excluding hydrogens is 286 g/mol. The topological polar surface area (TPSA) is 101 Å². The number of carboxylic acids is 1. The number of rotatable bonds is 3. The second kappa shape index (κ2) is 5.23. The summed E-state index contributed by atoms with van der Waals surface area (Å²) in [7, 11) is -3.46. The molecule has 0 aromatic carbocycles. The molecule has 0 aromatic rings. The molecule has 0 bridgehead atoms. The van der Waals surface area contributed by atoms with E-state index < -0.39 is 38.8 Å². The van der Waals surface area contributed by atoms with E-state index in [1.54, 1.807) is 27.7 Å². The quantitative estimate of drug-likeness (QED) is 0.830. The SMILES string of the molecule is CCN(C(=O)OC(C)(C)C)C1(C(=O)O)CCS(=O)(=O)C1. The van der Waals surface area contributed by atoms with Crippen molar-refractivity contribution in [2.75, 3.05) is 18.1 Å². The van der Waals surface area contributed by atoms with Gasteiger partial charge in [-0.05, 0) is 34.1 Å². The molecular formula is C12H21NO6S. The van der Waals surface area contributed by atoms with Crippen LogP contribution in [0.2, 0.25) is 0 Å². The maximum absolute atomic E-state index is 12.1. The lowest BCUT2D eigenvalue weighted by molar-refractivity contribution is -0.149. The van der Waals surface area contributed by atoms with E-state index in [0.717, 1.165) is 4.90 Å². The molecule has 1 heterocycles. The molecule has 1 rings (SSSR count). The van der Waals surface area contributed by atoms with Crippen LogP contribution < -0.4 is 0 Å². The predicted molar refractivity (Wildman–Crippen MR) is 72.3 cm³/mol. The van der Waals surface area contributed by atoms with Gasteiger partial charge in [-0.15, -0.1) is 0 Å². The van der Waals surface area contributed by atoms with E-state index in [-0.39, 0.29) is 18.7 Å². The van der Waals surface area contributed by atoms with E-state index in [2.05, 4.69) is 0 Å². The number of nitrogens with zero attached hydrogens (tertiary/aromatic N) is 1. The molecule has 1 N–H and O–H groups in total. The van der Waals surface area contributed by atoms with Gasteiger partial charge in [-0.2, -0.15) is 0 Å².